The number of aromatic nitrogens is 5. The number of aryl methyl sites for hydroxylation is 1. The molecule has 0 aromatic carbocycles. The van der Waals surface area contributed by atoms with Crippen LogP contribution in [-0.2, 0) is 6.42 Å². The van der Waals surface area contributed by atoms with Crippen molar-refractivity contribution >= 4 is 11.7 Å². The first-order valence-electron chi connectivity index (χ1n) is 8.38. The summed E-state index contributed by atoms with van der Waals surface area (Å²) in [5.74, 6) is 2.40. The normalized spacial score (nSPS) is 15.5. The van der Waals surface area contributed by atoms with Crippen molar-refractivity contribution in [2.45, 2.75) is 25.8 Å². The average molecular weight is 350 g/mol. The van der Waals surface area contributed by atoms with Gasteiger partial charge < -0.3 is 14.6 Å². The summed E-state index contributed by atoms with van der Waals surface area (Å²) >= 11 is 0. The van der Waals surface area contributed by atoms with Gasteiger partial charge in [0.05, 0.1) is 13.3 Å². The zero-order valence-corrected chi connectivity index (χ0v) is 14.5. The number of rotatable bonds is 4. The number of carbonyl (C=O) groups excluding carboxylic acids is 1. The summed E-state index contributed by atoms with van der Waals surface area (Å²) < 4.78 is 7.16. The molecule has 0 saturated carbocycles. The third kappa shape index (κ3) is 2.90. The van der Waals surface area contributed by atoms with Crippen LogP contribution in [0, 0.1) is 0 Å². The van der Waals surface area contributed by atoms with Crippen LogP contribution in [0.4, 0.5) is 5.82 Å². The Kier molecular flexibility index (Phi) is 4.08. The Hall–Kier alpha value is -3.29. The van der Waals surface area contributed by atoms with Crippen LogP contribution in [-0.4, -0.2) is 37.7 Å². The number of carbonyl (C=O) groups is 1. The van der Waals surface area contributed by atoms with Gasteiger partial charge in [-0.05, 0) is 37.6 Å². The molecular formula is C18H18N6O2. The highest BCUT2D eigenvalue weighted by Crippen LogP contribution is 2.30. The van der Waals surface area contributed by atoms with Gasteiger partial charge >= 0.3 is 0 Å². The molecule has 1 amide bonds. The van der Waals surface area contributed by atoms with Gasteiger partial charge in [0.1, 0.15) is 28.8 Å². The molecule has 4 heterocycles. The largest absolute Gasteiger partial charge is 0.495 e. The SMILES string of the molecule is COc1ccc(C(=O)Nc2cccc(-c3nnc4n3[C@@H](C)CC4)n2)nc1. The van der Waals surface area contributed by atoms with Crippen molar-refractivity contribution in [2.24, 2.45) is 0 Å². The van der Waals surface area contributed by atoms with Crippen LogP contribution in [0.1, 0.15) is 35.7 Å². The van der Waals surface area contributed by atoms with E-state index in [1.807, 2.05) is 12.1 Å². The molecule has 8 heteroatoms. The summed E-state index contributed by atoms with van der Waals surface area (Å²) in [5.41, 5.74) is 0.966. The van der Waals surface area contributed by atoms with Gasteiger partial charge in [-0.2, -0.15) is 0 Å². The van der Waals surface area contributed by atoms with Crippen LogP contribution < -0.4 is 10.1 Å². The van der Waals surface area contributed by atoms with Crippen LogP contribution >= 0.6 is 0 Å². The molecule has 132 valence electrons. The summed E-state index contributed by atoms with van der Waals surface area (Å²) in [4.78, 5) is 21.0. The molecule has 26 heavy (non-hydrogen) atoms. The minimum atomic E-state index is -0.336. The third-order valence-corrected chi connectivity index (χ3v) is 4.42. The minimum absolute atomic E-state index is 0.287. The highest BCUT2D eigenvalue weighted by atomic mass is 16.5. The van der Waals surface area contributed by atoms with Crippen LogP contribution in [0.2, 0.25) is 0 Å². The molecule has 0 bridgehead atoms. The second-order valence-electron chi connectivity index (χ2n) is 6.14. The molecule has 1 aliphatic heterocycles. The lowest BCUT2D eigenvalue weighted by Crippen LogP contribution is -2.14. The molecule has 0 aliphatic carbocycles. The predicted octanol–water partition coefficient (Wildman–Crippen LogP) is 2.50. The van der Waals surface area contributed by atoms with Gasteiger partial charge in [0.25, 0.3) is 5.91 Å². The second kappa shape index (κ2) is 6.55. The molecule has 0 saturated heterocycles. The molecule has 1 atom stereocenters. The highest BCUT2D eigenvalue weighted by molar-refractivity contribution is 6.02. The molecule has 3 aromatic heterocycles. The van der Waals surface area contributed by atoms with E-state index >= 15 is 0 Å². The van der Waals surface area contributed by atoms with E-state index < -0.39 is 0 Å². The van der Waals surface area contributed by atoms with E-state index in [0.29, 0.717) is 23.3 Å². The van der Waals surface area contributed by atoms with E-state index in [2.05, 4.69) is 37.0 Å². The minimum Gasteiger partial charge on any atom is -0.495 e. The molecule has 4 rings (SSSR count). The second-order valence-corrected chi connectivity index (χ2v) is 6.14. The first kappa shape index (κ1) is 16.2. The average Bonchev–Trinajstić information content (AvgIpc) is 3.25. The summed E-state index contributed by atoms with van der Waals surface area (Å²) in [7, 11) is 1.55. The molecule has 0 fully saturated rings. The van der Waals surface area contributed by atoms with Crippen LogP contribution in [0.25, 0.3) is 11.5 Å². The number of pyridine rings is 2. The molecule has 1 N–H and O–H groups in total. The molecule has 0 spiro atoms. The fraction of sp³-hybridized carbons (Fsp3) is 0.278. The molecule has 0 radical (unpaired) electrons. The maximum Gasteiger partial charge on any atom is 0.275 e. The van der Waals surface area contributed by atoms with Gasteiger partial charge in [-0.3, -0.25) is 4.79 Å². The fourth-order valence-electron chi connectivity index (χ4n) is 3.04. The number of hydrogen-bond acceptors (Lipinski definition) is 6. The van der Waals surface area contributed by atoms with Crippen molar-refractivity contribution in [3.05, 3.63) is 48.0 Å². The van der Waals surface area contributed by atoms with Crippen molar-refractivity contribution in [1.82, 2.24) is 24.7 Å². The van der Waals surface area contributed by atoms with Crippen molar-refractivity contribution in [2.75, 3.05) is 12.4 Å². The molecule has 1 aliphatic rings. The van der Waals surface area contributed by atoms with Gasteiger partial charge in [0.2, 0.25) is 0 Å². The predicted molar refractivity (Wildman–Crippen MR) is 95.0 cm³/mol. The van der Waals surface area contributed by atoms with Gasteiger partial charge in [0.15, 0.2) is 5.82 Å². The van der Waals surface area contributed by atoms with Crippen molar-refractivity contribution in [1.29, 1.82) is 0 Å². The maximum atomic E-state index is 12.4. The van der Waals surface area contributed by atoms with E-state index in [9.17, 15) is 4.79 Å². The number of nitrogens with one attached hydrogen (secondary N) is 1. The molecular weight excluding hydrogens is 332 g/mol. The quantitative estimate of drug-likeness (QED) is 0.777. The van der Waals surface area contributed by atoms with Crippen molar-refractivity contribution in [3.8, 4) is 17.3 Å². The lowest BCUT2D eigenvalue weighted by Gasteiger charge is -2.10. The van der Waals surface area contributed by atoms with E-state index in [-0.39, 0.29) is 11.6 Å². The summed E-state index contributed by atoms with van der Waals surface area (Å²) in [6.07, 6.45) is 3.48. The highest BCUT2D eigenvalue weighted by Gasteiger charge is 2.25. The van der Waals surface area contributed by atoms with E-state index in [1.165, 1.54) is 6.20 Å². The standard InChI is InChI=1S/C18H18N6O2/c1-11-6-9-16-22-23-17(24(11)16)13-4-3-5-15(20-13)21-18(25)14-8-7-12(26-2)10-19-14/h3-5,7-8,10-11H,6,9H2,1-2H3,(H,20,21,25)/t11-/m0/s1. The molecule has 3 aromatic rings. The summed E-state index contributed by atoms with van der Waals surface area (Å²) in [6.45, 7) is 2.14. The number of nitrogens with zero attached hydrogens (tertiary/aromatic N) is 5. The van der Waals surface area contributed by atoms with E-state index in [0.717, 1.165) is 24.5 Å². The Bertz CT molecular complexity index is 951. The monoisotopic (exact) mass is 350 g/mol. The van der Waals surface area contributed by atoms with Crippen LogP contribution in [0.15, 0.2) is 36.5 Å². The first-order chi connectivity index (χ1) is 12.7. The Balaban J connectivity index is 1.57. The lowest BCUT2D eigenvalue weighted by molar-refractivity contribution is 0.102. The first-order valence-corrected chi connectivity index (χ1v) is 8.38. The lowest BCUT2D eigenvalue weighted by atomic mass is 10.2. The summed E-state index contributed by atoms with van der Waals surface area (Å²) in [6, 6.07) is 9.07. The molecule has 8 nitrogen and oxygen atoms in total. The molecule has 0 unspecified atom stereocenters. The topological polar surface area (TPSA) is 94.8 Å². The van der Waals surface area contributed by atoms with Gasteiger partial charge in [0, 0.05) is 12.5 Å². The smallest absolute Gasteiger partial charge is 0.275 e. The number of amides is 1. The van der Waals surface area contributed by atoms with Crippen LogP contribution in [0.3, 0.4) is 0 Å². The Labute approximate surface area is 150 Å². The Morgan fingerprint density at radius 2 is 2.15 bits per heavy atom. The number of ether oxygens (including phenoxy) is 1. The van der Waals surface area contributed by atoms with Crippen LogP contribution in [0.5, 0.6) is 5.75 Å². The Morgan fingerprint density at radius 1 is 1.27 bits per heavy atom. The third-order valence-electron chi connectivity index (χ3n) is 4.42. The number of hydrogen-bond donors (Lipinski definition) is 1. The summed E-state index contributed by atoms with van der Waals surface area (Å²) in [5, 5.41) is 11.3. The Morgan fingerprint density at radius 3 is 2.92 bits per heavy atom. The van der Waals surface area contributed by atoms with Gasteiger partial charge in [-0.25, -0.2) is 9.97 Å². The van der Waals surface area contributed by atoms with Crippen molar-refractivity contribution < 1.29 is 9.53 Å². The van der Waals surface area contributed by atoms with Crippen molar-refractivity contribution in [3.63, 3.8) is 0 Å². The van der Waals surface area contributed by atoms with Gasteiger partial charge in [-0.15, -0.1) is 10.2 Å². The van der Waals surface area contributed by atoms with E-state index in [4.69, 9.17) is 4.74 Å². The zero-order valence-electron chi connectivity index (χ0n) is 14.5. The van der Waals surface area contributed by atoms with E-state index in [1.54, 1.807) is 25.3 Å². The maximum absolute atomic E-state index is 12.4. The number of anilines is 1. The van der Waals surface area contributed by atoms with Gasteiger partial charge in [-0.1, -0.05) is 6.07 Å². The number of methoxy groups -OCH3 is 1. The zero-order chi connectivity index (χ0) is 18.1. The fourth-order valence-corrected chi connectivity index (χ4v) is 3.04. The number of fused-ring (bicyclic) bond motifs is 1.